The fourth-order valence-corrected chi connectivity index (χ4v) is 1.53. The average molecular weight is 248 g/mol. The molecule has 0 fully saturated rings. The number of hydrogen-bond acceptors (Lipinski definition) is 3. The molecule has 1 heterocycles. The Morgan fingerprint density at radius 2 is 2.22 bits per heavy atom. The molecular weight excluding hydrogens is 232 g/mol. The first kappa shape index (κ1) is 13.9. The van der Waals surface area contributed by atoms with Crippen molar-refractivity contribution in [2.24, 2.45) is 0 Å². The van der Waals surface area contributed by atoms with Gasteiger partial charge in [0.25, 0.3) is 0 Å². The minimum Gasteiger partial charge on any atom is -0.478 e. The Hall–Kier alpha value is -2.17. The van der Waals surface area contributed by atoms with E-state index < -0.39 is 5.97 Å². The monoisotopic (exact) mass is 248 g/mol. The standard InChI is InChI=1S/C13H16N2O3/c1-3-4-11-7-10(5-6-12(17)18)8-14-13(11)15-9(2)16/h5-8H,3-4H2,1-2H3,(H,17,18)(H,14,15,16)/b6-5+. The molecule has 0 aliphatic rings. The maximum Gasteiger partial charge on any atom is 0.328 e. The molecule has 96 valence electrons. The number of amides is 1. The van der Waals surface area contributed by atoms with Crippen LogP contribution < -0.4 is 5.32 Å². The maximum absolute atomic E-state index is 11.0. The predicted octanol–water partition coefficient (Wildman–Crippen LogP) is 2.09. The second kappa shape index (κ2) is 6.54. The lowest BCUT2D eigenvalue weighted by atomic mass is 10.1. The average Bonchev–Trinajstić information content (AvgIpc) is 2.29. The molecule has 1 amide bonds. The van der Waals surface area contributed by atoms with Crippen LogP contribution in [0.3, 0.4) is 0 Å². The van der Waals surface area contributed by atoms with Gasteiger partial charge in [-0.1, -0.05) is 13.3 Å². The summed E-state index contributed by atoms with van der Waals surface area (Å²) in [6, 6.07) is 1.83. The number of anilines is 1. The third kappa shape index (κ3) is 4.37. The number of aliphatic carboxylic acids is 1. The topological polar surface area (TPSA) is 79.3 Å². The van der Waals surface area contributed by atoms with Gasteiger partial charge in [-0.2, -0.15) is 0 Å². The molecule has 0 aromatic carbocycles. The summed E-state index contributed by atoms with van der Waals surface area (Å²) in [6.45, 7) is 3.45. The largest absolute Gasteiger partial charge is 0.478 e. The zero-order valence-electron chi connectivity index (χ0n) is 10.4. The van der Waals surface area contributed by atoms with Gasteiger partial charge in [-0.3, -0.25) is 4.79 Å². The zero-order valence-corrected chi connectivity index (χ0v) is 10.4. The maximum atomic E-state index is 11.0. The molecule has 18 heavy (non-hydrogen) atoms. The molecule has 1 aromatic heterocycles. The highest BCUT2D eigenvalue weighted by Gasteiger charge is 2.05. The van der Waals surface area contributed by atoms with Crippen LogP contribution in [-0.4, -0.2) is 22.0 Å². The highest BCUT2D eigenvalue weighted by molar-refractivity contribution is 5.89. The number of aryl methyl sites for hydroxylation is 1. The van der Waals surface area contributed by atoms with Gasteiger partial charge in [0.05, 0.1) is 0 Å². The summed E-state index contributed by atoms with van der Waals surface area (Å²) in [4.78, 5) is 25.6. The van der Waals surface area contributed by atoms with Crippen LogP contribution in [0.4, 0.5) is 5.82 Å². The highest BCUT2D eigenvalue weighted by Crippen LogP contribution is 2.17. The van der Waals surface area contributed by atoms with Crippen molar-refractivity contribution >= 4 is 23.8 Å². The number of rotatable bonds is 5. The van der Waals surface area contributed by atoms with E-state index in [2.05, 4.69) is 10.3 Å². The Morgan fingerprint density at radius 1 is 1.50 bits per heavy atom. The van der Waals surface area contributed by atoms with E-state index >= 15 is 0 Å². The van der Waals surface area contributed by atoms with Crippen LogP contribution in [0, 0.1) is 0 Å². The van der Waals surface area contributed by atoms with E-state index in [0.717, 1.165) is 24.5 Å². The Kier molecular flexibility index (Phi) is 5.05. The second-order valence-corrected chi connectivity index (χ2v) is 3.88. The number of nitrogens with zero attached hydrogens (tertiary/aromatic N) is 1. The summed E-state index contributed by atoms with van der Waals surface area (Å²) in [5.41, 5.74) is 1.61. The molecule has 1 aromatic rings. The van der Waals surface area contributed by atoms with Crippen molar-refractivity contribution in [3.63, 3.8) is 0 Å². The van der Waals surface area contributed by atoms with Crippen LogP contribution in [0.15, 0.2) is 18.3 Å². The molecule has 0 saturated carbocycles. The van der Waals surface area contributed by atoms with Crippen LogP contribution >= 0.6 is 0 Å². The zero-order chi connectivity index (χ0) is 13.5. The van der Waals surface area contributed by atoms with Crippen molar-refractivity contribution in [2.75, 3.05) is 5.32 Å². The summed E-state index contributed by atoms with van der Waals surface area (Å²) in [5.74, 6) is -0.636. The lowest BCUT2D eigenvalue weighted by Crippen LogP contribution is -2.10. The lowest BCUT2D eigenvalue weighted by molar-refractivity contribution is -0.131. The quantitative estimate of drug-likeness (QED) is 0.782. The van der Waals surface area contributed by atoms with Crippen molar-refractivity contribution in [3.8, 4) is 0 Å². The van der Waals surface area contributed by atoms with E-state index in [1.807, 2.05) is 13.0 Å². The number of carboxylic acid groups (broad SMARTS) is 1. The van der Waals surface area contributed by atoms with Crippen LogP contribution in [0.5, 0.6) is 0 Å². The number of carboxylic acids is 1. The molecule has 0 bridgehead atoms. The van der Waals surface area contributed by atoms with Crippen LogP contribution in [0.1, 0.15) is 31.4 Å². The summed E-state index contributed by atoms with van der Waals surface area (Å²) in [6.07, 6.45) is 5.76. The predicted molar refractivity (Wildman–Crippen MR) is 69.2 cm³/mol. The van der Waals surface area contributed by atoms with Gasteiger partial charge in [0, 0.05) is 19.2 Å². The number of aromatic nitrogens is 1. The summed E-state index contributed by atoms with van der Waals surface area (Å²) in [7, 11) is 0. The molecule has 0 radical (unpaired) electrons. The number of carbonyl (C=O) groups is 2. The number of pyridine rings is 1. The highest BCUT2D eigenvalue weighted by atomic mass is 16.4. The molecule has 5 heteroatoms. The normalized spacial score (nSPS) is 10.6. The van der Waals surface area contributed by atoms with E-state index in [-0.39, 0.29) is 5.91 Å². The Balaban J connectivity index is 3.02. The number of hydrogen-bond donors (Lipinski definition) is 2. The molecule has 0 unspecified atom stereocenters. The van der Waals surface area contributed by atoms with Gasteiger partial charge < -0.3 is 10.4 Å². The third-order valence-electron chi connectivity index (χ3n) is 2.22. The van der Waals surface area contributed by atoms with Crippen molar-refractivity contribution in [3.05, 3.63) is 29.5 Å². The first-order chi connectivity index (χ1) is 8.52. The molecule has 2 N–H and O–H groups in total. The Bertz CT molecular complexity index is 481. The van der Waals surface area contributed by atoms with E-state index in [1.165, 1.54) is 19.2 Å². The fraction of sp³-hybridized carbons (Fsp3) is 0.308. The third-order valence-corrected chi connectivity index (χ3v) is 2.22. The van der Waals surface area contributed by atoms with Gasteiger partial charge in [-0.15, -0.1) is 0 Å². The number of carbonyl (C=O) groups excluding carboxylic acids is 1. The number of nitrogens with one attached hydrogen (secondary N) is 1. The minimum atomic E-state index is -1.00. The van der Waals surface area contributed by atoms with Crippen molar-refractivity contribution < 1.29 is 14.7 Å². The first-order valence-electron chi connectivity index (χ1n) is 5.70. The van der Waals surface area contributed by atoms with Crippen molar-refractivity contribution in [2.45, 2.75) is 26.7 Å². The van der Waals surface area contributed by atoms with Crippen LogP contribution in [-0.2, 0) is 16.0 Å². The molecule has 0 saturated heterocycles. The molecule has 0 aliphatic heterocycles. The molecule has 5 nitrogen and oxygen atoms in total. The lowest BCUT2D eigenvalue weighted by Gasteiger charge is -2.08. The SMILES string of the molecule is CCCc1cc(/C=C/C(=O)O)cnc1NC(C)=O. The summed E-state index contributed by atoms with van der Waals surface area (Å²) in [5, 5.41) is 11.2. The Morgan fingerprint density at radius 3 is 2.78 bits per heavy atom. The summed E-state index contributed by atoms with van der Waals surface area (Å²) < 4.78 is 0. The fourth-order valence-electron chi connectivity index (χ4n) is 1.53. The van der Waals surface area contributed by atoms with Gasteiger partial charge in [-0.25, -0.2) is 9.78 Å². The van der Waals surface area contributed by atoms with E-state index in [4.69, 9.17) is 5.11 Å². The molecular formula is C13H16N2O3. The van der Waals surface area contributed by atoms with Crippen molar-refractivity contribution in [1.82, 2.24) is 4.98 Å². The van der Waals surface area contributed by atoms with E-state index in [0.29, 0.717) is 11.4 Å². The van der Waals surface area contributed by atoms with Gasteiger partial charge in [0.15, 0.2) is 0 Å². The van der Waals surface area contributed by atoms with Gasteiger partial charge in [0.1, 0.15) is 5.82 Å². The minimum absolute atomic E-state index is 0.173. The second-order valence-electron chi connectivity index (χ2n) is 3.88. The molecule has 0 atom stereocenters. The van der Waals surface area contributed by atoms with E-state index in [1.54, 1.807) is 0 Å². The van der Waals surface area contributed by atoms with Crippen LogP contribution in [0.25, 0.3) is 6.08 Å². The molecule has 0 aliphatic carbocycles. The van der Waals surface area contributed by atoms with Crippen LogP contribution in [0.2, 0.25) is 0 Å². The molecule has 1 rings (SSSR count). The summed E-state index contributed by atoms with van der Waals surface area (Å²) >= 11 is 0. The van der Waals surface area contributed by atoms with E-state index in [9.17, 15) is 9.59 Å². The van der Waals surface area contributed by atoms with Gasteiger partial charge >= 0.3 is 5.97 Å². The smallest absolute Gasteiger partial charge is 0.328 e. The first-order valence-corrected chi connectivity index (χ1v) is 5.70. The van der Waals surface area contributed by atoms with Crippen molar-refractivity contribution in [1.29, 1.82) is 0 Å². The van der Waals surface area contributed by atoms with Gasteiger partial charge in [0.2, 0.25) is 5.91 Å². The molecule has 0 spiro atoms. The van der Waals surface area contributed by atoms with Gasteiger partial charge in [-0.05, 0) is 29.7 Å². The Labute approximate surface area is 106 Å².